The van der Waals surface area contributed by atoms with Crippen LogP contribution in [0.5, 0.6) is 0 Å². The van der Waals surface area contributed by atoms with E-state index in [9.17, 15) is 0 Å². The van der Waals surface area contributed by atoms with Crippen molar-refractivity contribution >= 4 is 49.6 Å². The third-order valence-corrected chi connectivity index (χ3v) is 20.7. The number of aromatic nitrogens is 1. The van der Waals surface area contributed by atoms with E-state index in [2.05, 4.69) is 234 Å². The van der Waals surface area contributed by atoms with Crippen LogP contribution in [0.25, 0.3) is 82.8 Å². The maximum absolute atomic E-state index is 2.65. The molecule has 0 aliphatic heterocycles. The predicted octanol–water partition coefficient (Wildman–Crippen LogP) is 19.8. The van der Waals surface area contributed by atoms with Crippen molar-refractivity contribution in [2.45, 2.75) is 69.1 Å². The molecule has 2 nitrogen and oxygen atoms in total. The summed E-state index contributed by atoms with van der Waals surface area (Å²) in [4.78, 5) is 2.57. The minimum atomic E-state index is 0.176. The van der Waals surface area contributed by atoms with E-state index in [4.69, 9.17) is 0 Å². The summed E-state index contributed by atoms with van der Waals surface area (Å²) in [6.07, 6.45) is 12.3. The predicted molar refractivity (Wildman–Crippen MR) is 316 cm³/mol. The lowest BCUT2D eigenvalue weighted by Gasteiger charge is -2.76. The molecule has 0 N–H and O–H groups in total. The fourth-order valence-electron chi connectivity index (χ4n) is 17.9. The minimum Gasteiger partial charge on any atom is -0.309 e. The van der Waals surface area contributed by atoms with Crippen LogP contribution in [0.1, 0.15) is 80.4 Å². The Morgan fingerprint density at radius 1 is 0.434 bits per heavy atom. The summed E-state index contributed by atoms with van der Waals surface area (Å²) in [5.41, 5.74) is 23.2. The van der Waals surface area contributed by atoms with E-state index in [1.54, 1.807) is 11.1 Å². The highest BCUT2D eigenvalue weighted by Crippen LogP contribution is 2.89. The minimum absolute atomic E-state index is 0.176. The van der Waals surface area contributed by atoms with Crippen molar-refractivity contribution in [3.63, 3.8) is 0 Å². The van der Waals surface area contributed by atoms with E-state index in [0.717, 1.165) is 35.0 Å². The average Bonchev–Trinajstić information content (AvgIpc) is 2.40. The van der Waals surface area contributed by atoms with Crippen molar-refractivity contribution in [3.8, 4) is 50.2 Å². The van der Waals surface area contributed by atoms with Crippen LogP contribution in [0.2, 0.25) is 0 Å². The van der Waals surface area contributed by atoms with E-state index in [0.29, 0.717) is 11.3 Å². The second-order valence-corrected chi connectivity index (χ2v) is 23.8. The molecule has 2 bridgehead atoms. The van der Waals surface area contributed by atoms with Crippen LogP contribution in [0.4, 0.5) is 17.1 Å². The highest BCUT2D eigenvalue weighted by Gasteiger charge is 2.84. The number of hydrogen-bond donors (Lipinski definition) is 0. The quantitative estimate of drug-likeness (QED) is 0.147. The van der Waals surface area contributed by atoms with Gasteiger partial charge in [-0.05, 0) is 195 Å². The van der Waals surface area contributed by atoms with Gasteiger partial charge < -0.3 is 9.47 Å². The zero-order valence-corrected chi connectivity index (χ0v) is 43.0. The van der Waals surface area contributed by atoms with Crippen molar-refractivity contribution in [1.82, 2.24) is 4.57 Å². The lowest BCUT2D eigenvalue weighted by molar-refractivity contribution is -0.231. The number of hydrogen-bond acceptors (Lipinski definition) is 1. The molecule has 1 aromatic heterocycles. The van der Waals surface area contributed by atoms with Gasteiger partial charge in [-0.15, -0.1) is 0 Å². The van der Waals surface area contributed by atoms with Crippen LogP contribution >= 0.6 is 0 Å². The smallest absolute Gasteiger partial charge is 0.0541 e. The fraction of sp³-hybridized carbons (Fsp3) is 0.216. The van der Waals surface area contributed by atoms with Crippen molar-refractivity contribution in [2.75, 3.05) is 4.90 Å². The fourth-order valence-corrected chi connectivity index (χ4v) is 17.9. The average molecular weight is 977 g/mol. The Morgan fingerprint density at radius 3 is 1.93 bits per heavy atom. The summed E-state index contributed by atoms with van der Waals surface area (Å²) in [7, 11) is 0. The standard InChI is InChI=1S/C74H60N2/c1-3-17-49(18-4-1)57-27-15-19-50-20-16-28-62(72(50)57)60-25-9-13-31-67(60)76(66-30-12-8-23-56(66)52-36-40-69-63(43-52)61-26-10-14-32-68(61)75(69)54-21-5-2-6-22-54)55-37-33-48(34-38-55)51-35-39-59-58-24-7-11-29-64(58)74(65(59)44-51)70-42-47-41-53-45-71(74)73(53,70)46-47/h2,5-16,19-40,43-44,47,49,53,70-71H,1,3-4,17-18,41-42,45-46H2. The van der Waals surface area contributed by atoms with Crippen molar-refractivity contribution in [2.24, 2.45) is 29.1 Å². The number of benzene rings is 10. The molecule has 5 fully saturated rings. The van der Waals surface area contributed by atoms with Crippen molar-refractivity contribution in [3.05, 3.63) is 241 Å². The third-order valence-electron chi connectivity index (χ3n) is 20.7. The van der Waals surface area contributed by atoms with Crippen LogP contribution in [0, 0.1) is 29.1 Å². The highest BCUT2D eigenvalue weighted by molar-refractivity contribution is 6.11. The van der Waals surface area contributed by atoms with Gasteiger partial charge >= 0.3 is 0 Å². The van der Waals surface area contributed by atoms with Gasteiger partial charge in [0.25, 0.3) is 0 Å². The third kappa shape index (κ3) is 5.83. The molecule has 2 spiro atoms. The normalized spacial score (nSPS) is 23.6. The summed E-state index contributed by atoms with van der Waals surface area (Å²) in [5.74, 6) is 4.07. The summed E-state index contributed by atoms with van der Waals surface area (Å²) >= 11 is 0. The first-order valence-electron chi connectivity index (χ1n) is 28.6. The second kappa shape index (κ2) is 16.3. The Morgan fingerprint density at radius 2 is 1.09 bits per heavy atom. The van der Waals surface area contributed by atoms with Gasteiger partial charge in [-0.3, -0.25) is 0 Å². The van der Waals surface area contributed by atoms with Crippen molar-refractivity contribution in [1.29, 1.82) is 0 Å². The molecule has 6 atom stereocenters. The van der Waals surface area contributed by atoms with Crippen LogP contribution in [0.15, 0.2) is 224 Å². The Kier molecular flexibility index (Phi) is 9.28. The molecule has 17 rings (SSSR count). The molecule has 366 valence electrons. The lowest BCUT2D eigenvalue weighted by Crippen LogP contribution is -2.73. The van der Waals surface area contributed by atoms with Crippen LogP contribution < -0.4 is 4.90 Å². The lowest BCUT2D eigenvalue weighted by atomic mass is 9.27. The maximum Gasteiger partial charge on any atom is 0.0541 e. The van der Waals surface area contributed by atoms with E-state index < -0.39 is 0 Å². The molecular weight excluding hydrogens is 917 g/mol. The molecule has 6 aliphatic rings. The van der Waals surface area contributed by atoms with Gasteiger partial charge in [0, 0.05) is 38.7 Å². The number of nitrogens with zero attached hydrogens (tertiary/aromatic N) is 2. The molecule has 6 aliphatic carbocycles. The SMILES string of the molecule is c1ccc(-n2c3ccccc3c3cc(-c4ccccc4N(c4ccc(-c5ccc6c(c5)C5(c7ccccc7-6)C6CC7CC8CC5C86C7)cc4)c4ccccc4-c4cccc5cccc(C6CCCCC6)c45)ccc32)cc1. The zero-order valence-electron chi connectivity index (χ0n) is 43.0. The van der Waals surface area contributed by atoms with Crippen molar-refractivity contribution < 1.29 is 0 Å². The molecule has 0 saturated heterocycles. The van der Waals surface area contributed by atoms with Gasteiger partial charge in [-0.2, -0.15) is 0 Å². The summed E-state index contributed by atoms with van der Waals surface area (Å²) in [6, 6.07) is 85.9. The molecule has 6 unspecified atom stereocenters. The van der Waals surface area contributed by atoms with Gasteiger partial charge in [-0.1, -0.05) is 183 Å². The summed E-state index contributed by atoms with van der Waals surface area (Å²) in [6.45, 7) is 0. The van der Waals surface area contributed by atoms with Crippen LogP contribution in [-0.2, 0) is 5.41 Å². The molecule has 0 amide bonds. The monoisotopic (exact) mass is 976 g/mol. The van der Waals surface area contributed by atoms with Gasteiger partial charge in [0.2, 0.25) is 0 Å². The van der Waals surface area contributed by atoms with Crippen LogP contribution in [0.3, 0.4) is 0 Å². The van der Waals surface area contributed by atoms with E-state index in [1.807, 2.05) is 0 Å². The van der Waals surface area contributed by atoms with Crippen LogP contribution in [-0.4, -0.2) is 4.57 Å². The van der Waals surface area contributed by atoms with Gasteiger partial charge in [0.1, 0.15) is 0 Å². The number of para-hydroxylation sites is 4. The second-order valence-electron chi connectivity index (χ2n) is 23.8. The first-order valence-corrected chi connectivity index (χ1v) is 28.6. The molecule has 76 heavy (non-hydrogen) atoms. The Hall–Kier alpha value is -7.94. The highest BCUT2D eigenvalue weighted by atomic mass is 15.1. The number of rotatable bonds is 8. The Bertz CT molecular complexity index is 4150. The van der Waals surface area contributed by atoms with E-state index in [1.165, 1.54) is 152 Å². The molecule has 2 heteroatoms. The van der Waals surface area contributed by atoms with Gasteiger partial charge in [-0.25, -0.2) is 0 Å². The molecule has 1 heterocycles. The first-order chi connectivity index (χ1) is 37.7. The molecule has 0 radical (unpaired) electrons. The number of anilines is 3. The summed E-state index contributed by atoms with van der Waals surface area (Å²) < 4.78 is 2.42. The van der Waals surface area contributed by atoms with E-state index in [-0.39, 0.29) is 5.41 Å². The Labute approximate surface area is 446 Å². The largest absolute Gasteiger partial charge is 0.309 e. The van der Waals surface area contributed by atoms with Gasteiger partial charge in [0.15, 0.2) is 0 Å². The molecule has 11 aromatic rings. The Balaban J connectivity index is 0.834. The zero-order chi connectivity index (χ0) is 49.7. The number of fused-ring (bicyclic) bond motifs is 12. The molecule has 10 aromatic carbocycles. The van der Waals surface area contributed by atoms with Gasteiger partial charge in [0.05, 0.1) is 22.4 Å². The summed E-state index contributed by atoms with van der Waals surface area (Å²) in [5, 5.41) is 5.24. The molecular formula is C74H60N2. The maximum atomic E-state index is 2.65. The topological polar surface area (TPSA) is 8.17 Å². The van der Waals surface area contributed by atoms with E-state index >= 15 is 0 Å². The molecule has 5 saturated carbocycles. The first kappa shape index (κ1) is 43.3.